The number of hydrogen-bond donors (Lipinski definition) is 2. The zero-order valence-corrected chi connectivity index (χ0v) is 11.2. The average molecular weight is 271 g/mol. The molecule has 0 aliphatic carbocycles. The van der Waals surface area contributed by atoms with E-state index in [9.17, 15) is 9.59 Å². The number of nitrogen functional groups attached to an aromatic ring is 1. The number of benzene rings is 1. The fourth-order valence-corrected chi connectivity index (χ4v) is 1.57. The number of rotatable bonds is 3. The van der Waals surface area contributed by atoms with Crippen LogP contribution in [0.25, 0.3) is 0 Å². The van der Waals surface area contributed by atoms with Crippen LogP contribution in [0.2, 0.25) is 5.02 Å². The summed E-state index contributed by atoms with van der Waals surface area (Å²) in [5.74, 6) is -1.54. The van der Waals surface area contributed by atoms with Gasteiger partial charge in [-0.15, -0.1) is 0 Å². The van der Waals surface area contributed by atoms with Crippen molar-refractivity contribution in [3.05, 3.63) is 28.8 Å². The van der Waals surface area contributed by atoms with E-state index in [0.717, 1.165) is 4.90 Å². The molecule has 3 N–H and O–H groups in total. The molecular weight excluding hydrogens is 256 g/mol. The number of carbonyl (C=O) groups excluding carboxylic acids is 1. The van der Waals surface area contributed by atoms with Gasteiger partial charge >= 0.3 is 5.97 Å². The van der Waals surface area contributed by atoms with E-state index in [4.69, 9.17) is 22.4 Å². The number of nitrogens with two attached hydrogens (primary N) is 1. The molecule has 0 atom stereocenters. The van der Waals surface area contributed by atoms with Gasteiger partial charge in [0.1, 0.15) is 5.54 Å². The molecule has 18 heavy (non-hydrogen) atoms. The molecule has 0 bridgehead atoms. The minimum Gasteiger partial charge on any atom is -0.480 e. The largest absolute Gasteiger partial charge is 0.480 e. The number of aliphatic carboxylic acids is 1. The first-order valence-corrected chi connectivity index (χ1v) is 5.61. The fourth-order valence-electron chi connectivity index (χ4n) is 1.33. The molecule has 1 amide bonds. The van der Waals surface area contributed by atoms with Crippen LogP contribution in [0, 0.1) is 0 Å². The first-order valence-electron chi connectivity index (χ1n) is 5.24. The van der Waals surface area contributed by atoms with Crippen LogP contribution in [0.4, 0.5) is 5.69 Å². The molecule has 1 aromatic carbocycles. The highest BCUT2D eigenvalue weighted by Gasteiger charge is 2.35. The summed E-state index contributed by atoms with van der Waals surface area (Å²) < 4.78 is 0. The van der Waals surface area contributed by atoms with Crippen molar-refractivity contribution in [1.29, 1.82) is 0 Å². The Hall–Kier alpha value is -1.75. The van der Waals surface area contributed by atoms with E-state index < -0.39 is 17.4 Å². The van der Waals surface area contributed by atoms with Crippen LogP contribution in [-0.4, -0.2) is 34.5 Å². The Kier molecular flexibility index (Phi) is 3.86. The molecule has 1 rings (SSSR count). The van der Waals surface area contributed by atoms with Crippen LogP contribution in [-0.2, 0) is 4.79 Å². The van der Waals surface area contributed by atoms with E-state index in [2.05, 4.69) is 0 Å². The van der Waals surface area contributed by atoms with Gasteiger partial charge in [-0.05, 0) is 32.0 Å². The van der Waals surface area contributed by atoms with Gasteiger partial charge in [-0.1, -0.05) is 11.6 Å². The number of likely N-dealkylation sites (N-methyl/N-ethyl adjacent to an activating group) is 1. The molecular formula is C12H15ClN2O3. The molecule has 0 radical (unpaired) electrons. The topological polar surface area (TPSA) is 83.6 Å². The molecule has 0 saturated carbocycles. The molecule has 5 nitrogen and oxygen atoms in total. The highest BCUT2D eigenvalue weighted by molar-refractivity contribution is 6.31. The zero-order valence-electron chi connectivity index (χ0n) is 10.4. The normalized spacial score (nSPS) is 11.1. The third kappa shape index (κ3) is 2.73. The highest BCUT2D eigenvalue weighted by Crippen LogP contribution is 2.21. The lowest BCUT2D eigenvalue weighted by Crippen LogP contribution is -2.50. The monoisotopic (exact) mass is 270 g/mol. The van der Waals surface area contributed by atoms with Crippen LogP contribution in [0.15, 0.2) is 18.2 Å². The van der Waals surface area contributed by atoms with Crippen molar-refractivity contribution < 1.29 is 14.7 Å². The van der Waals surface area contributed by atoms with E-state index in [0.29, 0.717) is 10.7 Å². The van der Waals surface area contributed by atoms with Gasteiger partial charge in [-0.25, -0.2) is 4.79 Å². The molecule has 0 fully saturated rings. The number of hydrogen-bond acceptors (Lipinski definition) is 3. The Morgan fingerprint density at radius 1 is 1.33 bits per heavy atom. The van der Waals surface area contributed by atoms with Gasteiger partial charge in [0.05, 0.1) is 0 Å². The second-order valence-electron chi connectivity index (χ2n) is 4.50. The standard InChI is InChI=1S/C12H15ClN2O3/c1-12(2,11(17)18)15(3)10(16)7-4-8(13)6-9(14)5-7/h4-6H,14H2,1-3H3,(H,17,18). The van der Waals surface area contributed by atoms with Crippen molar-refractivity contribution in [2.24, 2.45) is 0 Å². The van der Waals surface area contributed by atoms with Crippen LogP contribution >= 0.6 is 11.6 Å². The predicted octanol–water partition coefficient (Wildman–Crippen LogP) is 1.86. The van der Waals surface area contributed by atoms with Gasteiger partial charge in [0.2, 0.25) is 0 Å². The highest BCUT2D eigenvalue weighted by atomic mass is 35.5. The molecule has 1 aromatic rings. The van der Waals surface area contributed by atoms with Gasteiger partial charge in [0.25, 0.3) is 5.91 Å². The molecule has 0 aromatic heterocycles. The van der Waals surface area contributed by atoms with Crippen LogP contribution < -0.4 is 5.73 Å². The lowest BCUT2D eigenvalue weighted by molar-refractivity contribution is -0.147. The van der Waals surface area contributed by atoms with Gasteiger partial charge in [0, 0.05) is 23.3 Å². The summed E-state index contributed by atoms with van der Waals surface area (Å²) in [4.78, 5) is 24.4. The first-order chi connectivity index (χ1) is 8.16. The summed E-state index contributed by atoms with van der Waals surface area (Å²) in [5, 5.41) is 9.41. The molecule has 0 aliphatic rings. The number of halogens is 1. The predicted molar refractivity (Wildman–Crippen MR) is 69.7 cm³/mol. The van der Waals surface area contributed by atoms with Crippen molar-refractivity contribution >= 4 is 29.2 Å². The summed E-state index contributed by atoms with van der Waals surface area (Å²) in [5.41, 5.74) is 4.90. The Morgan fingerprint density at radius 2 is 1.89 bits per heavy atom. The zero-order chi connectivity index (χ0) is 14.1. The van der Waals surface area contributed by atoms with Crippen molar-refractivity contribution in [3.8, 4) is 0 Å². The average Bonchev–Trinajstić information content (AvgIpc) is 2.25. The molecule has 0 aliphatic heterocycles. The van der Waals surface area contributed by atoms with Crippen molar-refractivity contribution in [2.45, 2.75) is 19.4 Å². The SMILES string of the molecule is CN(C(=O)c1cc(N)cc(Cl)c1)C(C)(C)C(=O)O. The Bertz CT molecular complexity index is 480. The summed E-state index contributed by atoms with van der Waals surface area (Å²) in [7, 11) is 1.42. The van der Waals surface area contributed by atoms with E-state index >= 15 is 0 Å². The second-order valence-corrected chi connectivity index (χ2v) is 4.94. The van der Waals surface area contributed by atoms with Gasteiger partial charge in [0.15, 0.2) is 0 Å². The summed E-state index contributed by atoms with van der Waals surface area (Å²) in [6.45, 7) is 2.89. The maximum absolute atomic E-state index is 12.1. The van der Waals surface area contributed by atoms with Gasteiger partial charge < -0.3 is 15.7 Å². The molecule has 0 spiro atoms. The smallest absolute Gasteiger partial charge is 0.329 e. The number of anilines is 1. The van der Waals surface area contributed by atoms with Gasteiger partial charge in [-0.3, -0.25) is 4.79 Å². The van der Waals surface area contributed by atoms with Crippen LogP contribution in [0.3, 0.4) is 0 Å². The van der Waals surface area contributed by atoms with Crippen molar-refractivity contribution in [3.63, 3.8) is 0 Å². The number of nitrogens with zero attached hydrogens (tertiary/aromatic N) is 1. The minimum atomic E-state index is -1.31. The third-order valence-corrected chi connectivity index (χ3v) is 3.05. The van der Waals surface area contributed by atoms with E-state index in [1.165, 1.54) is 39.1 Å². The third-order valence-electron chi connectivity index (χ3n) is 2.83. The molecule has 6 heteroatoms. The molecule has 0 unspecified atom stereocenters. The quantitative estimate of drug-likeness (QED) is 0.821. The Labute approximate surface area is 110 Å². The van der Waals surface area contributed by atoms with Crippen LogP contribution in [0.5, 0.6) is 0 Å². The molecule has 98 valence electrons. The van der Waals surface area contributed by atoms with Crippen LogP contribution in [0.1, 0.15) is 24.2 Å². The van der Waals surface area contributed by atoms with E-state index in [1.54, 1.807) is 0 Å². The molecule has 0 saturated heterocycles. The molecule has 0 heterocycles. The number of amides is 1. The fraction of sp³-hybridized carbons (Fsp3) is 0.333. The van der Waals surface area contributed by atoms with Gasteiger partial charge in [-0.2, -0.15) is 0 Å². The summed E-state index contributed by atoms with van der Waals surface area (Å²) in [6.07, 6.45) is 0. The summed E-state index contributed by atoms with van der Waals surface area (Å²) >= 11 is 5.81. The number of carbonyl (C=O) groups is 2. The Morgan fingerprint density at radius 3 is 2.33 bits per heavy atom. The summed E-state index contributed by atoms with van der Waals surface area (Å²) in [6, 6.07) is 4.43. The van der Waals surface area contributed by atoms with E-state index in [-0.39, 0.29) is 5.56 Å². The number of carboxylic acids is 1. The van der Waals surface area contributed by atoms with Crippen molar-refractivity contribution in [2.75, 3.05) is 12.8 Å². The first kappa shape index (κ1) is 14.3. The lowest BCUT2D eigenvalue weighted by atomic mass is 10.0. The second kappa shape index (κ2) is 4.86. The van der Waals surface area contributed by atoms with E-state index in [1.807, 2.05) is 0 Å². The Balaban J connectivity index is 3.11. The lowest BCUT2D eigenvalue weighted by Gasteiger charge is -2.31. The van der Waals surface area contributed by atoms with Crippen molar-refractivity contribution in [1.82, 2.24) is 4.90 Å². The minimum absolute atomic E-state index is 0.261. The maximum atomic E-state index is 12.1. The maximum Gasteiger partial charge on any atom is 0.329 e. The number of carboxylic acid groups (broad SMARTS) is 1.